The van der Waals surface area contributed by atoms with Crippen molar-refractivity contribution in [3.8, 4) is 0 Å². The van der Waals surface area contributed by atoms with Crippen molar-refractivity contribution >= 4 is 10.2 Å². The Morgan fingerprint density at radius 1 is 1.29 bits per heavy atom. The molecule has 1 aliphatic rings. The Balaban J connectivity index is 1.71. The van der Waals surface area contributed by atoms with E-state index < -0.39 is 10.2 Å². The van der Waals surface area contributed by atoms with Crippen LogP contribution in [0.4, 0.5) is 0 Å². The van der Waals surface area contributed by atoms with E-state index in [1.807, 2.05) is 31.2 Å². The summed E-state index contributed by atoms with van der Waals surface area (Å²) in [5.41, 5.74) is 1.08. The van der Waals surface area contributed by atoms with Crippen molar-refractivity contribution in [3.63, 3.8) is 0 Å². The van der Waals surface area contributed by atoms with Crippen LogP contribution in [0.1, 0.15) is 36.0 Å². The zero-order chi connectivity index (χ0) is 17.2. The van der Waals surface area contributed by atoms with E-state index in [1.165, 1.54) is 4.31 Å². The normalized spacial score (nSPS) is 19.2. The summed E-state index contributed by atoms with van der Waals surface area (Å²) in [4.78, 5) is 3.98. The smallest absolute Gasteiger partial charge is 0.282 e. The summed E-state index contributed by atoms with van der Waals surface area (Å²) in [6.07, 6.45) is 5.75. The van der Waals surface area contributed by atoms with Gasteiger partial charge in [-0.3, -0.25) is 4.98 Å². The summed E-state index contributed by atoms with van der Waals surface area (Å²) in [5.74, 6) is 1.54. The monoisotopic (exact) mass is 349 g/mol. The molecule has 0 unspecified atom stereocenters. The first-order valence-electron chi connectivity index (χ1n) is 8.17. The molecule has 1 aliphatic heterocycles. The molecule has 2 aromatic heterocycles. The summed E-state index contributed by atoms with van der Waals surface area (Å²) in [6.45, 7) is 2.84. The number of aromatic nitrogens is 1. The fourth-order valence-corrected chi connectivity index (χ4v) is 4.63. The molecule has 0 amide bonds. The summed E-state index contributed by atoms with van der Waals surface area (Å²) in [5, 5.41) is 0. The van der Waals surface area contributed by atoms with E-state index in [2.05, 4.69) is 4.98 Å². The second-order valence-electron chi connectivity index (χ2n) is 6.15. The Morgan fingerprint density at radius 3 is 2.71 bits per heavy atom. The molecule has 0 saturated carbocycles. The van der Waals surface area contributed by atoms with Crippen LogP contribution in [0.2, 0.25) is 0 Å². The van der Waals surface area contributed by atoms with Crippen LogP contribution in [0.3, 0.4) is 0 Å². The lowest BCUT2D eigenvalue weighted by molar-refractivity contribution is 0.309. The third kappa shape index (κ3) is 3.53. The third-order valence-corrected chi connectivity index (χ3v) is 6.45. The van der Waals surface area contributed by atoms with Crippen molar-refractivity contribution in [1.29, 1.82) is 0 Å². The minimum Gasteiger partial charge on any atom is -0.465 e. The van der Waals surface area contributed by atoms with Crippen molar-refractivity contribution in [1.82, 2.24) is 13.6 Å². The van der Waals surface area contributed by atoms with Gasteiger partial charge in [-0.05, 0) is 56.0 Å². The Bertz CT molecular complexity index is 773. The molecule has 0 aromatic carbocycles. The van der Waals surface area contributed by atoms with Gasteiger partial charge in [-0.15, -0.1) is 0 Å². The number of pyridine rings is 1. The van der Waals surface area contributed by atoms with Gasteiger partial charge in [0.2, 0.25) is 0 Å². The van der Waals surface area contributed by atoms with Crippen LogP contribution in [0.15, 0.2) is 41.1 Å². The molecule has 24 heavy (non-hydrogen) atoms. The number of rotatable bonds is 6. The minimum absolute atomic E-state index is 0.202. The molecule has 130 valence electrons. The zero-order valence-electron chi connectivity index (χ0n) is 14.1. The highest BCUT2D eigenvalue weighted by atomic mass is 32.2. The largest absolute Gasteiger partial charge is 0.465 e. The summed E-state index contributed by atoms with van der Waals surface area (Å²) in [7, 11) is -1.87. The average Bonchev–Trinajstić information content (AvgIpc) is 3.22. The molecular weight excluding hydrogens is 326 g/mol. The quantitative estimate of drug-likeness (QED) is 0.804. The second kappa shape index (κ2) is 7.04. The van der Waals surface area contributed by atoms with Crippen molar-refractivity contribution in [2.45, 2.75) is 32.2 Å². The summed E-state index contributed by atoms with van der Waals surface area (Å²) >= 11 is 0. The van der Waals surface area contributed by atoms with Gasteiger partial charge in [-0.1, -0.05) is 0 Å². The molecule has 0 N–H and O–H groups in total. The van der Waals surface area contributed by atoms with Crippen LogP contribution in [0.5, 0.6) is 0 Å². The first-order chi connectivity index (χ1) is 11.5. The SMILES string of the molecule is Cc1ccc([C@@H]2CCCN2S(=O)(=O)N(C)CCc2ccncc2)o1. The number of likely N-dealkylation sites (N-methyl/N-ethyl adjacent to an activating group) is 1. The molecular formula is C17H23N3O3S. The van der Waals surface area contributed by atoms with Gasteiger partial charge < -0.3 is 4.42 Å². The van der Waals surface area contributed by atoms with Crippen molar-refractivity contribution in [3.05, 3.63) is 53.7 Å². The molecule has 0 bridgehead atoms. The standard InChI is InChI=1S/C17H23N3O3S/c1-14-5-6-17(23-14)16-4-3-12-20(16)24(21,22)19(2)13-9-15-7-10-18-11-8-15/h5-8,10-11,16H,3-4,9,12-13H2,1-2H3/t16-/m0/s1. The van der Waals surface area contributed by atoms with Crippen LogP contribution >= 0.6 is 0 Å². The van der Waals surface area contributed by atoms with Crippen molar-refractivity contribution in [2.24, 2.45) is 0 Å². The molecule has 0 spiro atoms. The van der Waals surface area contributed by atoms with Gasteiger partial charge >= 0.3 is 0 Å². The molecule has 0 radical (unpaired) electrons. The molecule has 0 aliphatic carbocycles. The van der Waals surface area contributed by atoms with Crippen LogP contribution < -0.4 is 0 Å². The fourth-order valence-electron chi connectivity index (χ4n) is 3.06. The summed E-state index contributed by atoms with van der Waals surface area (Å²) < 4.78 is 34.6. The lowest BCUT2D eigenvalue weighted by Gasteiger charge is -2.28. The lowest BCUT2D eigenvalue weighted by atomic mass is 10.2. The van der Waals surface area contributed by atoms with Gasteiger partial charge in [0, 0.05) is 32.5 Å². The van der Waals surface area contributed by atoms with Gasteiger partial charge in [0.05, 0.1) is 6.04 Å². The van der Waals surface area contributed by atoms with Crippen LogP contribution in [-0.4, -0.2) is 42.1 Å². The Kier molecular flexibility index (Phi) is 5.03. The summed E-state index contributed by atoms with van der Waals surface area (Å²) in [6, 6.07) is 7.37. The first kappa shape index (κ1) is 17.1. The maximum Gasteiger partial charge on any atom is 0.282 e. The molecule has 1 saturated heterocycles. The predicted molar refractivity (Wildman–Crippen MR) is 91.6 cm³/mol. The third-order valence-electron chi connectivity index (χ3n) is 4.45. The number of furan rings is 1. The van der Waals surface area contributed by atoms with E-state index in [0.717, 1.165) is 29.9 Å². The van der Waals surface area contributed by atoms with Gasteiger partial charge in [0.15, 0.2) is 0 Å². The first-order valence-corrected chi connectivity index (χ1v) is 9.56. The maximum atomic E-state index is 12.9. The van der Waals surface area contributed by atoms with Crippen molar-refractivity contribution < 1.29 is 12.8 Å². The molecule has 1 fully saturated rings. The predicted octanol–water partition coefficient (Wildman–Crippen LogP) is 2.54. The van der Waals surface area contributed by atoms with Gasteiger partial charge in [0.25, 0.3) is 10.2 Å². The second-order valence-corrected chi connectivity index (χ2v) is 8.14. The number of aryl methyl sites for hydroxylation is 1. The topological polar surface area (TPSA) is 66.7 Å². The van der Waals surface area contributed by atoms with E-state index in [0.29, 0.717) is 19.5 Å². The van der Waals surface area contributed by atoms with E-state index in [-0.39, 0.29) is 6.04 Å². The van der Waals surface area contributed by atoms with Gasteiger partial charge in [-0.2, -0.15) is 17.0 Å². The average molecular weight is 349 g/mol. The van der Waals surface area contributed by atoms with E-state index >= 15 is 0 Å². The number of hydrogen-bond donors (Lipinski definition) is 0. The molecule has 6 nitrogen and oxygen atoms in total. The molecule has 3 heterocycles. The van der Waals surface area contributed by atoms with E-state index in [4.69, 9.17) is 4.42 Å². The van der Waals surface area contributed by atoms with E-state index in [9.17, 15) is 8.42 Å². The van der Waals surface area contributed by atoms with Crippen molar-refractivity contribution in [2.75, 3.05) is 20.1 Å². The highest BCUT2D eigenvalue weighted by Gasteiger charge is 2.38. The van der Waals surface area contributed by atoms with E-state index in [1.54, 1.807) is 23.7 Å². The Labute approximate surface area is 143 Å². The van der Waals surface area contributed by atoms with Crippen LogP contribution in [-0.2, 0) is 16.6 Å². The number of hydrogen-bond acceptors (Lipinski definition) is 4. The van der Waals surface area contributed by atoms with Crippen LogP contribution in [0.25, 0.3) is 0 Å². The van der Waals surface area contributed by atoms with Gasteiger partial charge in [0.1, 0.15) is 11.5 Å². The minimum atomic E-state index is -3.51. The number of nitrogens with zero attached hydrogens (tertiary/aromatic N) is 3. The molecule has 1 atom stereocenters. The van der Waals surface area contributed by atoms with Crippen LogP contribution in [0, 0.1) is 6.92 Å². The Hall–Kier alpha value is -1.70. The Morgan fingerprint density at radius 2 is 2.04 bits per heavy atom. The van der Waals surface area contributed by atoms with Gasteiger partial charge in [-0.25, -0.2) is 0 Å². The highest BCUT2D eigenvalue weighted by molar-refractivity contribution is 7.86. The molecule has 7 heteroatoms. The molecule has 2 aromatic rings. The zero-order valence-corrected chi connectivity index (χ0v) is 14.9. The highest BCUT2D eigenvalue weighted by Crippen LogP contribution is 2.35. The fraction of sp³-hybridized carbons (Fsp3) is 0.471. The lowest BCUT2D eigenvalue weighted by Crippen LogP contribution is -2.42. The molecule has 3 rings (SSSR count). The maximum absolute atomic E-state index is 12.9.